The first-order valence-corrected chi connectivity index (χ1v) is 7.41. The topological polar surface area (TPSA) is 49.8 Å². The molecule has 22 heavy (non-hydrogen) atoms. The van der Waals surface area contributed by atoms with Crippen molar-refractivity contribution in [2.45, 2.75) is 13.8 Å². The maximum atomic E-state index is 5.97. The standard InChI is InChI=1S/C16H18BrNO4/c1-9-6-12(17)10(2)16(18-9)22-15-13(20-4)7-11(19-3)8-14(15)21-5/h6-8H,1-5H3. The van der Waals surface area contributed by atoms with Gasteiger partial charge in [0.2, 0.25) is 11.6 Å². The molecule has 0 aliphatic carbocycles. The molecule has 0 spiro atoms. The summed E-state index contributed by atoms with van der Waals surface area (Å²) in [4.78, 5) is 4.43. The summed E-state index contributed by atoms with van der Waals surface area (Å²) in [6.07, 6.45) is 0. The number of ether oxygens (including phenoxy) is 4. The number of hydrogen-bond acceptors (Lipinski definition) is 5. The number of aromatic nitrogens is 1. The van der Waals surface area contributed by atoms with Crippen LogP contribution in [-0.2, 0) is 0 Å². The lowest BCUT2D eigenvalue weighted by Crippen LogP contribution is -1.99. The van der Waals surface area contributed by atoms with Crippen LogP contribution in [0.5, 0.6) is 28.9 Å². The minimum absolute atomic E-state index is 0.457. The number of aryl methyl sites for hydroxylation is 1. The van der Waals surface area contributed by atoms with E-state index in [2.05, 4.69) is 20.9 Å². The molecule has 5 nitrogen and oxygen atoms in total. The van der Waals surface area contributed by atoms with E-state index >= 15 is 0 Å². The van der Waals surface area contributed by atoms with E-state index < -0.39 is 0 Å². The highest BCUT2D eigenvalue weighted by Gasteiger charge is 2.18. The van der Waals surface area contributed by atoms with Gasteiger partial charge in [0, 0.05) is 27.9 Å². The van der Waals surface area contributed by atoms with E-state index in [1.807, 2.05) is 19.9 Å². The smallest absolute Gasteiger partial charge is 0.223 e. The summed E-state index contributed by atoms with van der Waals surface area (Å²) < 4.78 is 22.9. The summed E-state index contributed by atoms with van der Waals surface area (Å²) in [7, 11) is 4.71. The lowest BCUT2D eigenvalue weighted by molar-refractivity contribution is 0.333. The molecule has 0 atom stereocenters. The molecule has 6 heteroatoms. The highest BCUT2D eigenvalue weighted by atomic mass is 79.9. The molecule has 0 amide bonds. The highest BCUT2D eigenvalue weighted by Crippen LogP contribution is 2.44. The van der Waals surface area contributed by atoms with Crippen molar-refractivity contribution >= 4 is 15.9 Å². The molecule has 0 saturated heterocycles. The summed E-state index contributed by atoms with van der Waals surface area (Å²) >= 11 is 3.50. The third kappa shape index (κ3) is 3.27. The van der Waals surface area contributed by atoms with Gasteiger partial charge in [0.15, 0.2) is 11.5 Å². The lowest BCUT2D eigenvalue weighted by Gasteiger charge is -2.16. The maximum Gasteiger partial charge on any atom is 0.223 e. The lowest BCUT2D eigenvalue weighted by atomic mass is 10.2. The number of benzene rings is 1. The fourth-order valence-corrected chi connectivity index (χ4v) is 2.44. The van der Waals surface area contributed by atoms with Gasteiger partial charge in [0.25, 0.3) is 0 Å². The second-order valence-electron chi connectivity index (χ2n) is 4.64. The predicted octanol–water partition coefficient (Wildman–Crippen LogP) is 4.28. The summed E-state index contributed by atoms with van der Waals surface area (Å²) in [6.45, 7) is 3.83. The molecule has 118 valence electrons. The van der Waals surface area contributed by atoms with Crippen LogP contribution in [0.1, 0.15) is 11.3 Å². The Balaban J connectivity index is 2.53. The number of nitrogens with zero attached hydrogens (tertiary/aromatic N) is 1. The molecule has 0 N–H and O–H groups in total. The summed E-state index contributed by atoms with van der Waals surface area (Å²) in [5.74, 6) is 2.59. The molecule has 0 unspecified atom stereocenters. The van der Waals surface area contributed by atoms with Crippen LogP contribution in [0.4, 0.5) is 0 Å². The fourth-order valence-electron chi connectivity index (χ4n) is 1.94. The summed E-state index contributed by atoms with van der Waals surface area (Å²) in [5, 5.41) is 0. The zero-order chi connectivity index (χ0) is 16.3. The average molecular weight is 368 g/mol. The van der Waals surface area contributed by atoms with Gasteiger partial charge < -0.3 is 18.9 Å². The molecule has 0 radical (unpaired) electrons. The molecule has 0 bridgehead atoms. The first-order chi connectivity index (χ1) is 10.5. The van der Waals surface area contributed by atoms with Crippen molar-refractivity contribution < 1.29 is 18.9 Å². The van der Waals surface area contributed by atoms with Gasteiger partial charge in [-0.15, -0.1) is 0 Å². The van der Waals surface area contributed by atoms with Crippen molar-refractivity contribution in [3.8, 4) is 28.9 Å². The van der Waals surface area contributed by atoms with Gasteiger partial charge in [-0.05, 0) is 19.9 Å². The quantitative estimate of drug-likeness (QED) is 0.789. The number of halogens is 1. The zero-order valence-corrected chi connectivity index (χ0v) is 14.8. The van der Waals surface area contributed by atoms with Crippen LogP contribution < -0.4 is 18.9 Å². The molecular weight excluding hydrogens is 350 g/mol. The molecule has 1 aromatic carbocycles. The predicted molar refractivity (Wildman–Crippen MR) is 87.6 cm³/mol. The van der Waals surface area contributed by atoms with Crippen molar-refractivity contribution in [2.75, 3.05) is 21.3 Å². The molecule has 2 aromatic rings. The van der Waals surface area contributed by atoms with E-state index in [4.69, 9.17) is 18.9 Å². The summed E-state index contributed by atoms with van der Waals surface area (Å²) in [6, 6.07) is 5.40. The van der Waals surface area contributed by atoms with E-state index in [0.29, 0.717) is 28.9 Å². The van der Waals surface area contributed by atoms with Crippen LogP contribution in [0, 0.1) is 13.8 Å². The SMILES string of the molecule is COc1cc(OC)c(Oc2nc(C)cc(Br)c2C)c(OC)c1. The Bertz CT molecular complexity index is 663. The monoisotopic (exact) mass is 367 g/mol. The van der Waals surface area contributed by atoms with Crippen LogP contribution in [0.2, 0.25) is 0 Å². The van der Waals surface area contributed by atoms with E-state index in [-0.39, 0.29) is 0 Å². The number of methoxy groups -OCH3 is 3. The minimum Gasteiger partial charge on any atom is -0.496 e. The van der Waals surface area contributed by atoms with Crippen molar-refractivity contribution in [1.29, 1.82) is 0 Å². The second kappa shape index (κ2) is 6.87. The normalized spacial score (nSPS) is 10.3. The number of pyridine rings is 1. The first kappa shape index (κ1) is 16.4. The molecule has 0 aliphatic rings. The van der Waals surface area contributed by atoms with Crippen LogP contribution in [0.15, 0.2) is 22.7 Å². The van der Waals surface area contributed by atoms with E-state index in [0.717, 1.165) is 15.7 Å². The Kier molecular flexibility index (Phi) is 5.13. The van der Waals surface area contributed by atoms with Crippen molar-refractivity contribution in [3.63, 3.8) is 0 Å². The van der Waals surface area contributed by atoms with Crippen LogP contribution in [-0.4, -0.2) is 26.3 Å². The maximum absolute atomic E-state index is 5.97. The number of hydrogen-bond donors (Lipinski definition) is 0. The van der Waals surface area contributed by atoms with Crippen molar-refractivity contribution in [1.82, 2.24) is 4.98 Å². The molecule has 2 rings (SSSR count). The Hall–Kier alpha value is -1.95. The van der Waals surface area contributed by atoms with Gasteiger partial charge in [-0.1, -0.05) is 15.9 Å². The minimum atomic E-state index is 0.457. The van der Waals surface area contributed by atoms with Gasteiger partial charge in [-0.3, -0.25) is 0 Å². The molecule has 0 aliphatic heterocycles. The molecule has 1 heterocycles. The Morgan fingerprint density at radius 2 is 1.50 bits per heavy atom. The highest BCUT2D eigenvalue weighted by molar-refractivity contribution is 9.10. The Morgan fingerprint density at radius 3 is 2.00 bits per heavy atom. The average Bonchev–Trinajstić information content (AvgIpc) is 2.51. The van der Waals surface area contributed by atoms with Crippen molar-refractivity contribution in [3.05, 3.63) is 33.9 Å². The van der Waals surface area contributed by atoms with E-state index in [1.165, 1.54) is 0 Å². The van der Waals surface area contributed by atoms with Crippen LogP contribution in [0.3, 0.4) is 0 Å². The zero-order valence-electron chi connectivity index (χ0n) is 13.2. The Morgan fingerprint density at radius 1 is 0.909 bits per heavy atom. The van der Waals surface area contributed by atoms with Gasteiger partial charge in [-0.25, -0.2) is 4.98 Å². The van der Waals surface area contributed by atoms with E-state index in [9.17, 15) is 0 Å². The van der Waals surface area contributed by atoms with Gasteiger partial charge in [-0.2, -0.15) is 0 Å². The molecule has 0 saturated carbocycles. The number of rotatable bonds is 5. The third-order valence-corrected chi connectivity index (χ3v) is 3.98. The van der Waals surface area contributed by atoms with Gasteiger partial charge >= 0.3 is 0 Å². The first-order valence-electron chi connectivity index (χ1n) is 6.61. The van der Waals surface area contributed by atoms with Gasteiger partial charge in [0.1, 0.15) is 5.75 Å². The Labute approximate surface area is 138 Å². The molecular formula is C16H18BrNO4. The second-order valence-corrected chi connectivity index (χ2v) is 5.49. The fraction of sp³-hybridized carbons (Fsp3) is 0.312. The van der Waals surface area contributed by atoms with Gasteiger partial charge in [0.05, 0.1) is 21.3 Å². The third-order valence-electron chi connectivity index (χ3n) is 3.16. The summed E-state index contributed by atoms with van der Waals surface area (Å²) in [5.41, 5.74) is 1.74. The largest absolute Gasteiger partial charge is 0.496 e. The van der Waals surface area contributed by atoms with E-state index in [1.54, 1.807) is 33.5 Å². The van der Waals surface area contributed by atoms with Crippen LogP contribution >= 0.6 is 15.9 Å². The van der Waals surface area contributed by atoms with Crippen LogP contribution in [0.25, 0.3) is 0 Å². The molecule has 0 fully saturated rings. The van der Waals surface area contributed by atoms with Crippen molar-refractivity contribution in [2.24, 2.45) is 0 Å². The molecule has 1 aromatic heterocycles.